The highest BCUT2D eigenvalue weighted by Crippen LogP contribution is 2.10. The van der Waals surface area contributed by atoms with Gasteiger partial charge in [-0.05, 0) is 38.0 Å². The molecule has 0 heterocycles. The Morgan fingerprint density at radius 3 is 2.81 bits per heavy atom. The molecule has 0 aliphatic heterocycles. The molecule has 1 aromatic rings. The Bertz CT molecular complexity index is 379. The molecule has 0 fully saturated rings. The maximum Gasteiger partial charge on any atom is 0.254 e. The number of hydrogen-bond donors (Lipinski definition) is 2. The van der Waals surface area contributed by atoms with Gasteiger partial charge in [-0.1, -0.05) is 6.07 Å². The maximum absolute atomic E-state index is 13.4. The second kappa shape index (κ2) is 5.61. The van der Waals surface area contributed by atoms with Gasteiger partial charge in [0.25, 0.3) is 5.91 Å². The van der Waals surface area contributed by atoms with E-state index < -0.39 is 11.7 Å². The molecule has 1 amide bonds. The summed E-state index contributed by atoms with van der Waals surface area (Å²) in [5.74, 6) is -0.966. The van der Waals surface area contributed by atoms with Gasteiger partial charge in [-0.2, -0.15) is 0 Å². The SMILES string of the molecule is Cc1ccc(C(=O)NC(C)CCO)c(F)c1. The van der Waals surface area contributed by atoms with Crippen molar-refractivity contribution >= 4 is 5.91 Å². The van der Waals surface area contributed by atoms with Gasteiger partial charge in [0.1, 0.15) is 5.82 Å². The highest BCUT2D eigenvalue weighted by Gasteiger charge is 2.13. The van der Waals surface area contributed by atoms with Crippen LogP contribution in [-0.4, -0.2) is 23.7 Å². The maximum atomic E-state index is 13.4. The largest absolute Gasteiger partial charge is 0.396 e. The molecule has 0 bridgehead atoms. The van der Waals surface area contributed by atoms with Gasteiger partial charge in [-0.25, -0.2) is 4.39 Å². The van der Waals surface area contributed by atoms with Crippen molar-refractivity contribution in [2.45, 2.75) is 26.3 Å². The van der Waals surface area contributed by atoms with Crippen LogP contribution in [0.25, 0.3) is 0 Å². The molecule has 3 nitrogen and oxygen atoms in total. The van der Waals surface area contributed by atoms with Gasteiger partial charge < -0.3 is 10.4 Å². The van der Waals surface area contributed by atoms with Crippen LogP contribution in [0.4, 0.5) is 4.39 Å². The number of aryl methyl sites for hydroxylation is 1. The number of amides is 1. The topological polar surface area (TPSA) is 49.3 Å². The van der Waals surface area contributed by atoms with Gasteiger partial charge in [0.05, 0.1) is 5.56 Å². The van der Waals surface area contributed by atoms with Gasteiger partial charge in [-0.3, -0.25) is 4.79 Å². The molecule has 0 radical (unpaired) electrons. The third-order valence-corrected chi connectivity index (χ3v) is 2.31. The van der Waals surface area contributed by atoms with Crippen LogP contribution in [0.5, 0.6) is 0 Å². The summed E-state index contributed by atoms with van der Waals surface area (Å²) in [6, 6.07) is 4.31. The number of aliphatic hydroxyl groups excluding tert-OH is 1. The number of hydrogen-bond acceptors (Lipinski definition) is 2. The quantitative estimate of drug-likeness (QED) is 0.818. The molecule has 1 atom stereocenters. The molecule has 1 rings (SSSR count). The van der Waals surface area contributed by atoms with Crippen molar-refractivity contribution in [3.05, 3.63) is 35.1 Å². The highest BCUT2D eigenvalue weighted by molar-refractivity contribution is 5.94. The van der Waals surface area contributed by atoms with E-state index in [0.29, 0.717) is 6.42 Å². The van der Waals surface area contributed by atoms with Crippen LogP contribution in [0.2, 0.25) is 0 Å². The molecule has 16 heavy (non-hydrogen) atoms. The Morgan fingerprint density at radius 1 is 1.56 bits per heavy atom. The molecule has 2 N–H and O–H groups in total. The lowest BCUT2D eigenvalue weighted by Crippen LogP contribution is -2.33. The zero-order valence-electron chi connectivity index (χ0n) is 9.46. The minimum Gasteiger partial charge on any atom is -0.396 e. The van der Waals surface area contributed by atoms with Crippen LogP contribution in [0.1, 0.15) is 29.3 Å². The first-order chi connectivity index (χ1) is 7.54. The fourth-order valence-electron chi connectivity index (χ4n) is 1.37. The summed E-state index contributed by atoms with van der Waals surface area (Å²) in [5.41, 5.74) is 0.813. The van der Waals surface area contributed by atoms with E-state index in [4.69, 9.17) is 5.11 Å². The molecule has 88 valence electrons. The summed E-state index contributed by atoms with van der Waals surface area (Å²) in [4.78, 5) is 11.6. The van der Waals surface area contributed by atoms with Crippen molar-refractivity contribution in [1.29, 1.82) is 0 Å². The number of aliphatic hydroxyl groups is 1. The van der Waals surface area contributed by atoms with E-state index in [-0.39, 0.29) is 18.2 Å². The monoisotopic (exact) mass is 225 g/mol. The zero-order chi connectivity index (χ0) is 12.1. The van der Waals surface area contributed by atoms with Crippen molar-refractivity contribution in [3.8, 4) is 0 Å². The highest BCUT2D eigenvalue weighted by atomic mass is 19.1. The van der Waals surface area contributed by atoms with Crippen LogP contribution in [-0.2, 0) is 0 Å². The van der Waals surface area contributed by atoms with Crippen LogP contribution in [0.15, 0.2) is 18.2 Å². The number of benzene rings is 1. The molecule has 0 aromatic heterocycles. The van der Waals surface area contributed by atoms with E-state index in [9.17, 15) is 9.18 Å². The van der Waals surface area contributed by atoms with Crippen molar-refractivity contribution in [3.63, 3.8) is 0 Å². The smallest absolute Gasteiger partial charge is 0.254 e. The summed E-state index contributed by atoms with van der Waals surface area (Å²) >= 11 is 0. The summed E-state index contributed by atoms with van der Waals surface area (Å²) in [6.07, 6.45) is 0.458. The Morgan fingerprint density at radius 2 is 2.25 bits per heavy atom. The van der Waals surface area contributed by atoms with Crippen LogP contribution in [0, 0.1) is 12.7 Å². The summed E-state index contributed by atoms with van der Waals surface area (Å²) in [7, 11) is 0. The first-order valence-corrected chi connectivity index (χ1v) is 5.22. The number of nitrogens with one attached hydrogen (secondary N) is 1. The molecule has 0 saturated carbocycles. The van der Waals surface area contributed by atoms with Gasteiger partial charge in [0.2, 0.25) is 0 Å². The molecular weight excluding hydrogens is 209 g/mol. The Labute approximate surface area is 94.3 Å². The standard InChI is InChI=1S/C12H16FNO2/c1-8-3-4-10(11(13)7-8)12(16)14-9(2)5-6-15/h3-4,7,9,15H,5-6H2,1-2H3,(H,14,16). The van der Waals surface area contributed by atoms with Crippen LogP contribution < -0.4 is 5.32 Å². The third kappa shape index (κ3) is 3.31. The Balaban J connectivity index is 2.73. The number of carbonyl (C=O) groups excluding carboxylic acids is 1. The Kier molecular flexibility index (Phi) is 4.43. The van der Waals surface area contributed by atoms with E-state index >= 15 is 0 Å². The average Bonchev–Trinajstić information content (AvgIpc) is 2.17. The summed E-state index contributed by atoms with van der Waals surface area (Å²) < 4.78 is 13.4. The van der Waals surface area contributed by atoms with Crippen LogP contribution in [0.3, 0.4) is 0 Å². The second-order valence-electron chi connectivity index (χ2n) is 3.87. The van der Waals surface area contributed by atoms with Gasteiger partial charge in [-0.15, -0.1) is 0 Å². The molecular formula is C12H16FNO2. The normalized spacial score (nSPS) is 12.2. The fraction of sp³-hybridized carbons (Fsp3) is 0.417. The predicted molar refractivity (Wildman–Crippen MR) is 59.8 cm³/mol. The zero-order valence-corrected chi connectivity index (χ0v) is 9.46. The minimum absolute atomic E-state index is 0.00216. The third-order valence-electron chi connectivity index (χ3n) is 2.31. The molecule has 1 aromatic carbocycles. The van der Waals surface area contributed by atoms with Gasteiger partial charge in [0.15, 0.2) is 0 Å². The number of halogens is 1. The predicted octanol–water partition coefficient (Wildman–Crippen LogP) is 1.63. The summed E-state index contributed by atoms with van der Waals surface area (Å²) in [5, 5.41) is 11.3. The van der Waals surface area contributed by atoms with E-state index in [0.717, 1.165) is 5.56 Å². The molecule has 0 saturated heterocycles. The number of rotatable bonds is 4. The lowest BCUT2D eigenvalue weighted by atomic mass is 10.1. The number of carbonyl (C=O) groups is 1. The van der Waals surface area contributed by atoms with Crippen molar-refractivity contribution < 1.29 is 14.3 Å². The molecule has 1 unspecified atom stereocenters. The molecule has 0 aliphatic rings. The average molecular weight is 225 g/mol. The van der Waals surface area contributed by atoms with E-state index in [1.54, 1.807) is 19.9 Å². The van der Waals surface area contributed by atoms with Crippen molar-refractivity contribution in [2.24, 2.45) is 0 Å². The van der Waals surface area contributed by atoms with Crippen molar-refractivity contribution in [2.75, 3.05) is 6.61 Å². The van der Waals surface area contributed by atoms with E-state index in [1.165, 1.54) is 12.1 Å². The molecule has 0 aliphatic carbocycles. The van der Waals surface area contributed by atoms with E-state index in [1.807, 2.05) is 0 Å². The van der Waals surface area contributed by atoms with Gasteiger partial charge in [0, 0.05) is 12.6 Å². The minimum atomic E-state index is -0.520. The van der Waals surface area contributed by atoms with Crippen LogP contribution >= 0.6 is 0 Å². The molecule has 4 heteroatoms. The van der Waals surface area contributed by atoms with Gasteiger partial charge >= 0.3 is 0 Å². The first-order valence-electron chi connectivity index (χ1n) is 5.22. The lowest BCUT2D eigenvalue weighted by Gasteiger charge is -2.12. The lowest BCUT2D eigenvalue weighted by molar-refractivity contribution is 0.0930. The Hall–Kier alpha value is -1.42. The summed E-state index contributed by atoms with van der Waals surface area (Å²) in [6.45, 7) is 3.52. The van der Waals surface area contributed by atoms with Crippen molar-refractivity contribution in [1.82, 2.24) is 5.32 Å². The fourth-order valence-corrected chi connectivity index (χ4v) is 1.37. The molecule has 0 spiro atoms. The first kappa shape index (κ1) is 12.6. The second-order valence-corrected chi connectivity index (χ2v) is 3.87. The van der Waals surface area contributed by atoms with E-state index in [2.05, 4.69) is 5.32 Å².